The van der Waals surface area contributed by atoms with E-state index in [-0.39, 0.29) is 18.0 Å². The van der Waals surface area contributed by atoms with E-state index in [4.69, 9.17) is 4.74 Å². The van der Waals surface area contributed by atoms with Gasteiger partial charge in [-0.2, -0.15) is 0 Å². The maximum absolute atomic E-state index is 11.8. The third kappa shape index (κ3) is 5.56. The molecule has 2 nitrogen and oxygen atoms in total. The van der Waals surface area contributed by atoms with Gasteiger partial charge < -0.3 is 4.74 Å². The van der Waals surface area contributed by atoms with E-state index in [0.29, 0.717) is 0 Å². The van der Waals surface area contributed by atoms with Crippen LogP contribution in [0.15, 0.2) is 0 Å². The number of hydrogen-bond acceptors (Lipinski definition) is 2. The Labute approximate surface area is 106 Å². The van der Waals surface area contributed by atoms with Gasteiger partial charge >= 0.3 is 5.97 Å². The summed E-state index contributed by atoms with van der Waals surface area (Å²) in [5.41, 5.74) is 0. The number of esters is 1. The van der Waals surface area contributed by atoms with Crippen LogP contribution in [0.1, 0.15) is 66.2 Å². The number of rotatable bonds is 5. The molecule has 0 aromatic heterocycles. The summed E-state index contributed by atoms with van der Waals surface area (Å²) in [6.45, 7) is 8.41. The third-order valence-corrected chi connectivity index (χ3v) is 3.68. The Balaban J connectivity index is 2.23. The molecule has 0 saturated heterocycles. The molecular weight excluding hydrogens is 212 g/mol. The minimum Gasteiger partial charge on any atom is -0.463 e. The molecule has 1 rings (SSSR count). The monoisotopic (exact) mass is 240 g/mol. The topological polar surface area (TPSA) is 26.3 Å². The van der Waals surface area contributed by atoms with Gasteiger partial charge in [0.05, 0.1) is 12.0 Å². The lowest BCUT2D eigenvalue weighted by atomic mass is 9.79. The molecule has 0 atom stereocenters. The van der Waals surface area contributed by atoms with Crippen LogP contribution in [0.2, 0.25) is 0 Å². The summed E-state index contributed by atoms with van der Waals surface area (Å²) >= 11 is 0. The number of carbonyl (C=O) groups excluding carboxylic acids is 1. The van der Waals surface area contributed by atoms with Crippen LogP contribution in [0.25, 0.3) is 0 Å². The summed E-state index contributed by atoms with van der Waals surface area (Å²) < 4.78 is 5.28. The molecule has 0 amide bonds. The van der Waals surface area contributed by atoms with Crippen molar-refractivity contribution in [2.75, 3.05) is 0 Å². The van der Waals surface area contributed by atoms with E-state index in [1.54, 1.807) is 0 Å². The fraction of sp³-hybridized carbons (Fsp3) is 0.933. The Bertz CT molecular complexity index is 225. The van der Waals surface area contributed by atoms with Gasteiger partial charge in [-0.15, -0.1) is 0 Å². The van der Waals surface area contributed by atoms with E-state index in [1.807, 2.05) is 13.8 Å². The van der Waals surface area contributed by atoms with E-state index in [9.17, 15) is 4.79 Å². The van der Waals surface area contributed by atoms with Crippen LogP contribution < -0.4 is 0 Å². The Morgan fingerprint density at radius 1 is 1.12 bits per heavy atom. The number of ether oxygens (including phenoxy) is 1. The fourth-order valence-corrected chi connectivity index (χ4v) is 2.58. The molecule has 0 N–H and O–H groups in total. The van der Waals surface area contributed by atoms with E-state index >= 15 is 0 Å². The first-order valence-electron chi connectivity index (χ1n) is 7.19. The molecule has 0 radical (unpaired) electrons. The number of hydrogen-bond donors (Lipinski definition) is 0. The maximum atomic E-state index is 11.8. The van der Waals surface area contributed by atoms with Crippen molar-refractivity contribution in [2.45, 2.75) is 72.3 Å². The van der Waals surface area contributed by atoms with E-state index in [0.717, 1.165) is 24.7 Å². The molecule has 0 heterocycles. The van der Waals surface area contributed by atoms with Crippen molar-refractivity contribution in [1.29, 1.82) is 0 Å². The van der Waals surface area contributed by atoms with Crippen molar-refractivity contribution in [3.63, 3.8) is 0 Å². The van der Waals surface area contributed by atoms with Gasteiger partial charge in [0.2, 0.25) is 0 Å². The first kappa shape index (κ1) is 14.5. The molecule has 0 aromatic carbocycles. The molecular formula is C15H28O2. The van der Waals surface area contributed by atoms with Crippen LogP contribution >= 0.6 is 0 Å². The quantitative estimate of drug-likeness (QED) is 0.674. The SMILES string of the molecule is CC(C)CCC1CCC(C(=O)OC(C)C)CC1. The highest BCUT2D eigenvalue weighted by atomic mass is 16.5. The summed E-state index contributed by atoms with van der Waals surface area (Å²) in [7, 11) is 0. The molecule has 0 bridgehead atoms. The van der Waals surface area contributed by atoms with Crippen molar-refractivity contribution in [1.82, 2.24) is 0 Å². The van der Waals surface area contributed by atoms with Crippen LogP contribution in [0, 0.1) is 17.8 Å². The van der Waals surface area contributed by atoms with E-state index in [2.05, 4.69) is 13.8 Å². The van der Waals surface area contributed by atoms with Crippen LogP contribution in [-0.2, 0) is 9.53 Å². The zero-order chi connectivity index (χ0) is 12.8. The lowest BCUT2D eigenvalue weighted by Gasteiger charge is -2.28. The van der Waals surface area contributed by atoms with Crippen molar-refractivity contribution in [3.05, 3.63) is 0 Å². The average Bonchev–Trinajstić information content (AvgIpc) is 2.26. The first-order valence-corrected chi connectivity index (χ1v) is 7.19. The van der Waals surface area contributed by atoms with Crippen molar-refractivity contribution in [3.8, 4) is 0 Å². The highest BCUT2D eigenvalue weighted by molar-refractivity contribution is 5.72. The fourth-order valence-electron chi connectivity index (χ4n) is 2.58. The molecule has 0 spiro atoms. The zero-order valence-electron chi connectivity index (χ0n) is 11.9. The van der Waals surface area contributed by atoms with E-state index in [1.165, 1.54) is 25.7 Å². The van der Waals surface area contributed by atoms with Crippen LogP contribution in [-0.4, -0.2) is 12.1 Å². The van der Waals surface area contributed by atoms with Crippen LogP contribution in [0.5, 0.6) is 0 Å². The van der Waals surface area contributed by atoms with Gasteiger partial charge in [-0.25, -0.2) is 0 Å². The second kappa shape index (κ2) is 7.03. The summed E-state index contributed by atoms with van der Waals surface area (Å²) in [5, 5.41) is 0. The predicted molar refractivity (Wildman–Crippen MR) is 70.7 cm³/mol. The summed E-state index contributed by atoms with van der Waals surface area (Å²) in [6, 6.07) is 0. The normalized spacial score (nSPS) is 25.3. The Hall–Kier alpha value is -0.530. The highest BCUT2D eigenvalue weighted by Crippen LogP contribution is 2.33. The Morgan fingerprint density at radius 3 is 2.18 bits per heavy atom. The minimum atomic E-state index is 0.0289. The van der Waals surface area contributed by atoms with Crippen molar-refractivity contribution in [2.24, 2.45) is 17.8 Å². The number of carbonyl (C=O) groups is 1. The maximum Gasteiger partial charge on any atom is 0.309 e. The largest absolute Gasteiger partial charge is 0.463 e. The molecule has 1 aliphatic rings. The Morgan fingerprint density at radius 2 is 1.71 bits per heavy atom. The molecule has 0 aromatic rings. The van der Waals surface area contributed by atoms with Crippen molar-refractivity contribution >= 4 is 5.97 Å². The average molecular weight is 240 g/mol. The summed E-state index contributed by atoms with van der Waals surface area (Å²) in [6.07, 6.45) is 7.19. The predicted octanol–water partition coefficient (Wildman–Crippen LogP) is 4.18. The summed E-state index contributed by atoms with van der Waals surface area (Å²) in [5.74, 6) is 1.86. The lowest BCUT2D eigenvalue weighted by molar-refractivity contribution is -0.153. The Kier molecular flexibility index (Phi) is 6.01. The summed E-state index contributed by atoms with van der Waals surface area (Å²) in [4.78, 5) is 11.8. The van der Waals surface area contributed by atoms with Crippen LogP contribution in [0.4, 0.5) is 0 Å². The molecule has 0 unspecified atom stereocenters. The van der Waals surface area contributed by atoms with Gasteiger partial charge in [-0.1, -0.05) is 26.7 Å². The highest BCUT2D eigenvalue weighted by Gasteiger charge is 2.27. The molecule has 100 valence electrons. The molecule has 0 aliphatic heterocycles. The molecule has 1 aliphatic carbocycles. The molecule has 1 fully saturated rings. The van der Waals surface area contributed by atoms with Crippen LogP contribution in [0.3, 0.4) is 0 Å². The second-order valence-electron chi connectivity index (χ2n) is 6.17. The standard InChI is InChI=1S/C15H28O2/c1-11(2)5-6-13-7-9-14(10-8-13)15(16)17-12(3)4/h11-14H,5-10H2,1-4H3. The molecule has 1 saturated carbocycles. The van der Waals surface area contributed by atoms with Crippen molar-refractivity contribution < 1.29 is 9.53 Å². The van der Waals surface area contributed by atoms with Gasteiger partial charge in [0, 0.05) is 0 Å². The third-order valence-electron chi connectivity index (χ3n) is 3.68. The van der Waals surface area contributed by atoms with Gasteiger partial charge in [0.25, 0.3) is 0 Å². The van der Waals surface area contributed by atoms with Gasteiger partial charge in [-0.05, 0) is 51.4 Å². The minimum absolute atomic E-state index is 0.0289. The van der Waals surface area contributed by atoms with Gasteiger partial charge in [0.1, 0.15) is 0 Å². The lowest BCUT2D eigenvalue weighted by Crippen LogP contribution is -2.25. The van der Waals surface area contributed by atoms with Gasteiger partial charge in [-0.3, -0.25) is 4.79 Å². The molecule has 17 heavy (non-hydrogen) atoms. The first-order chi connectivity index (χ1) is 7.99. The second-order valence-corrected chi connectivity index (χ2v) is 6.17. The smallest absolute Gasteiger partial charge is 0.309 e. The zero-order valence-corrected chi connectivity index (χ0v) is 11.9. The van der Waals surface area contributed by atoms with Gasteiger partial charge in [0.15, 0.2) is 0 Å². The molecule has 2 heteroatoms. The van der Waals surface area contributed by atoms with E-state index < -0.39 is 0 Å².